The van der Waals surface area contributed by atoms with Crippen LogP contribution in [0.2, 0.25) is 0 Å². The summed E-state index contributed by atoms with van der Waals surface area (Å²) in [5.41, 5.74) is 3.58. The Morgan fingerprint density at radius 1 is 1.54 bits per heavy atom. The van der Waals surface area contributed by atoms with Crippen LogP contribution >= 0.6 is 0 Å². The first-order valence-electron chi connectivity index (χ1n) is 4.91. The molecule has 1 aromatic rings. The van der Waals surface area contributed by atoms with E-state index in [-0.39, 0.29) is 6.61 Å². The number of fused-ring (bicyclic) bond motifs is 1. The van der Waals surface area contributed by atoms with E-state index >= 15 is 0 Å². The topological polar surface area (TPSA) is 33.1 Å². The Morgan fingerprint density at radius 2 is 2.38 bits per heavy atom. The maximum atomic E-state index is 9.10. The zero-order chi connectivity index (χ0) is 9.26. The Labute approximate surface area is 78.6 Å². The second-order valence-corrected chi connectivity index (χ2v) is 3.74. The average molecular weight is 177 g/mol. The van der Waals surface area contributed by atoms with Crippen molar-refractivity contribution in [3.63, 3.8) is 0 Å². The third kappa shape index (κ3) is 1.46. The van der Waals surface area contributed by atoms with E-state index in [0.29, 0.717) is 0 Å². The van der Waals surface area contributed by atoms with Gasteiger partial charge >= 0.3 is 0 Å². The van der Waals surface area contributed by atoms with Gasteiger partial charge in [0, 0.05) is 6.20 Å². The maximum absolute atomic E-state index is 9.10. The summed E-state index contributed by atoms with van der Waals surface area (Å²) >= 11 is 0. The minimum absolute atomic E-state index is 0.0829. The molecule has 0 fully saturated rings. The number of nitrogens with zero attached hydrogens (tertiary/aromatic N) is 1. The fourth-order valence-electron chi connectivity index (χ4n) is 2.12. The summed E-state index contributed by atoms with van der Waals surface area (Å²) in [5, 5.41) is 9.10. The van der Waals surface area contributed by atoms with Gasteiger partial charge in [-0.3, -0.25) is 4.98 Å². The second kappa shape index (κ2) is 3.46. The van der Waals surface area contributed by atoms with Crippen molar-refractivity contribution >= 4 is 0 Å². The van der Waals surface area contributed by atoms with Crippen LogP contribution in [0, 0.1) is 5.92 Å². The highest BCUT2D eigenvalue weighted by Crippen LogP contribution is 2.29. The average Bonchev–Trinajstić information content (AvgIpc) is 2.59. The number of pyridine rings is 1. The van der Waals surface area contributed by atoms with Gasteiger partial charge in [0.05, 0.1) is 12.3 Å². The van der Waals surface area contributed by atoms with E-state index in [1.807, 2.05) is 6.20 Å². The molecule has 2 heteroatoms. The van der Waals surface area contributed by atoms with Crippen LogP contribution in [0.4, 0.5) is 0 Å². The SMILES string of the molecule is CCC1Cc2ccnc(CO)c2C1. The van der Waals surface area contributed by atoms with Gasteiger partial charge in [0.15, 0.2) is 0 Å². The van der Waals surface area contributed by atoms with Crippen molar-refractivity contribution in [3.05, 3.63) is 29.1 Å². The number of hydrogen-bond donors (Lipinski definition) is 1. The van der Waals surface area contributed by atoms with Crippen LogP contribution in [-0.4, -0.2) is 10.1 Å². The normalized spacial score (nSPS) is 20.3. The number of aromatic nitrogens is 1. The molecule has 70 valence electrons. The first kappa shape index (κ1) is 8.70. The quantitative estimate of drug-likeness (QED) is 0.745. The zero-order valence-electron chi connectivity index (χ0n) is 7.95. The Balaban J connectivity index is 2.33. The van der Waals surface area contributed by atoms with E-state index in [9.17, 15) is 0 Å². The summed E-state index contributed by atoms with van der Waals surface area (Å²) in [4.78, 5) is 4.19. The summed E-state index contributed by atoms with van der Waals surface area (Å²) in [6.45, 7) is 2.31. The zero-order valence-corrected chi connectivity index (χ0v) is 7.95. The summed E-state index contributed by atoms with van der Waals surface area (Å²) < 4.78 is 0. The van der Waals surface area contributed by atoms with E-state index in [1.54, 1.807) is 0 Å². The van der Waals surface area contributed by atoms with Gasteiger partial charge in [0.1, 0.15) is 0 Å². The van der Waals surface area contributed by atoms with E-state index < -0.39 is 0 Å². The highest BCUT2D eigenvalue weighted by Gasteiger charge is 2.22. The van der Waals surface area contributed by atoms with Crippen molar-refractivity contribution in [3.8, 4) is 0 Å². The summed E-state index contributed by atoms with van der Waals surface area (Å²) in [6, 6.07) is 2.09. The molecule has 0 saturated carbocycles. The maximum Gasteiger partial charge on any atom is 0.0855 e. The molecule has 1 aromatic heterocycles. The van der Waals surface area contributed by atoms with Gasteiger partial charge in [-0.1, -0.05) is 13.3 Å². The van der Waals surface area contributed by atoms with Crippen molar-refractivity contribution in [1.29, 1.82) is 0 Å². The molecule has 1 aliphatic rings. The van der Waals surface area contributed by atoms with Crippen molar-refractivity contribution in [2.24, 2.45) is 5.92 Å². The Morgan fingerprint density at radius 3 is 3.08 bits per heavy atom. The molecule has 0 aromatic carbocycles. The predicted molar refractivity (Wildman–Crippen MR) is 51.3 cm³/mol. The molecule has 0 radical (unpaired) electrons. The molecule has 13 heavy (non-hydrogen) atoms. The van der Waals surface area contributed by atoms with Crippen molar-refractivity contribution in [1.82, 2.24) is 4.98 Å². The number of aliphatic hydroxyl groups excluding tert-OH is 1. The molecule has 1 heterocycles. The standard InChI is InChI=1S/C11H15NO/c1-2-8-5-9-3-4-12-11(7-13)10(9)6-8/h3-4,8,13H,2,5-7H2,1H3. The van der Waals surface area contributed by atoms with Gasteiger partial charge in [0.2, 0.25) is 0 Å². The van der Waals surface area contributed by atoms with Crippen LogP contribution in [-0.2, 0) is 19.4 Å². The molecule has 0 aliphatic heterocycles. The molecule has 0 amide bonds. The third-order valence-electron chi connectivity index (χ3n) is 2.97. The highest BCUT2D eigenvalue weighted by atomic mass is 16.3. The summed E-state index contributed by atoms with van der Waals surface area (Å²) in [6.07, 6.45) is 5.30. The fourth-order valence-corrected chi connectivity index (χ4v) is 2.12. The van der Waals surface area contributed by atoms with Crippen molar-refractivity contribution < 1.29 is 5.11 Å². The van der Waals surface area contributed by atoms with E-state index in [0.717, 1.165) is 18.0 Å². The smallest absolute Gasteiger partial charge is 0.0855 e. The molecule has 0 bridgehead atoms. The van der Waals surface area contributed by atoms with Crippen LogP contribution in [0.15, 0.2) is 12.3 Å². The van der Waals surface area contributed by atoms with E-state index in [1.165, 1.54) is 24.0 Å². The molecule has 1 N–H and O–H groups in total. The largest absolute Gasteiger partial charge is 0.390 e. The van der Waals surface area contributed by atoms with Gasteiger partial charge in [-0.25, -0.2) is 0 Å². The lowest BCUT2D eigenvalue weighted by Crippen LogP contribution is -1.98. The number of rotatable bonds is 2. The van der Waals surface area contributed by atoms with Gasteiger partial charge in [-0.05, 0) is 36.0 Å². The Kier molecular flexibility index (Phi) is 2.32. The Bertz CT molecular complexity index is 309. The Hall–Kier alpha value is -0.890. The first-order valence-corrected chi connectivity index (χ1v) is 4.91. The molecule has 1 aliphatic carbocycles. The summed E-state index contributed by atoms with van der Waals surface area (Å²) in [7, 11) is 0. The first-order chi connectivity index (χ1) is 6.35. The van der Waals surface area contributed by atoms with E-state index in [2.05, 4.69) is 18.0 Å². The molecular weight excluding hydrogens is 162 g/mol. The fraction of sp³-hybridized carbons (Fsp3) is 0.545. The minimum Gasteiger partial charge on any atom is -0.390 e. The molecule has 0 saturated heterocycles. The monoisotopic (exact) mass is 177 g/mol. The van der Waals surface area contributed by atoms with Crippen LogP contribution in [0.25, 0.3) is 0 Å². The molecule has 1 unspecified atom stereocenters. The van der Waals surface area contributed by atoms with Crippen LogP contribution in [0.1, 0.15) is 30.2 Å². The minimum atomic E-state index is 0.0829. The van der Waals surface area contributed by atoms with E-state index in [4.69, 9.17) is 5.11 Å². The number of aliphatic hydroxyl groups is 1. The van der Waals surface area contributed by atoms with Crippen LogP contribution in [0.5, 0.6) is 0 Å². The van der Waals surface area contributed by atoms with Gasteiger partial charge in [-0.2, -0.15) is 0 Å². The second-order valence-electron chi connectivity index (χ2n) is 3.74. The molecule has 2 rings (SSSR count). The van der Waals surface area contributed by atoms with Gasteiger partial charge in [-0.15, -0.1) is 0 Å². The molecule has 2 nitrogen and oxygen atoms in total. The lowest BCUT2D eigenvalue weighted by Gasteiger charge is -2.03. The highest BCUT2D eigenvalue weighted by molar-refractivity contribution is 5.34. The lowest BCUT2D eigenvalue weighted by atomic mass is 10.0. The molecule has 0 spiro atoms. The summed E-state index contributed by atoms with van der Waals surface area (Å²) in [5.74, 6) is 0.768. The van der Waals surface area contributed by atoms with Crippen LogP contribution < -0.4 is 0 Å². The van der Waals surface area contributed by atoms with Crippen LogP contribution in [0.3, 0.4) is 0 Å². The van der Waals surface area contributed by atoms with Gasteiger partial charge in [0.25, 0.3) is 0 Å². The number of hydrogen-bond acceptors (Lipinski definition) is 2. The molecular formula is C11H15NO. The van der Waals surface area contributed by atoms with Gasteiger partial charge < -0.3 is 5.11 Å². The predicted octanol–water partition coefficient (Wildman–Crippen LogP) is 1.70. The third-order valence-corrected chi connectivity index (χ3v) is 2.97. The van der Waals surface area contributed by atoms with Crippen molar-refractivity contribution in [2.45, 2.75) is 32.8 Å². The lowest BCUT2D eigenvalue weighted by molar-refractivity contribution is 0.275. The van der Waals surface area contributed by atoms with Crippen molar-refractivity contribution in [2.75, 3.05) is 0 Å². The molecule has 1 atom stereocenters.